The highest BCUT2D eigenvalue weighted by Gasteiger charge is 2.12. The lowest BCUT2D eigenvalue weighted by atomic mass is 10.0. The largest absolute Gasteiger partial charge is 0.481 e. The van der Waals surface area contributed by atoms with Crippen LogP contribution in [0.1, 0.15) is 24.6 Å². The molecule has 106 valence electrons. The summed E-state index contributed by atoms with van der Waals surface area (Å²) in [6, 6.07) is 1.66. The first-order chi connectivity index (χ1) is 9.02. The molecule has 0 saturated carbocycles. The molecule has 0 spiro atoms. The SMILES string of the molecule is CCC(CNC(=O)NCc1sccc1Br)CC(=O)O. The first kappa shape index (κ1) is 16.0. The molecular weight excluding hydrogens is 332 g/mol. The molecule has 0 aliphatic carbocycles. The van der Waals surface area contributed by atoms with Crippen molar-refractivity contribution in [2.24, 2.45) is 5.92 Å². The molecule has 0 radical (unpaired) electrons. The Morgan fingerprint density at radius 2 is 2.21 bits per heavy atom. The van der Waals surface area contributed by atoms with Crippen LogP contribution in [0.15, 0.2) is 15.9 Å². The van der Waals surface area contributed by atoms with Gasteiger partial charge < -0.3 is 15.7 Å². The lowest BCUT2D eigenvalue weighted by molar-refractivity contribution is -0.138. The van der Waals surface area contributed by atoms with Gasteiger partial charge in [-0.15, -0.1) is 11.3 Å². The summed E-state index contributed by atoms with van der Waals surface area (Å²) in [5.74, 6) is -0.867. The Kier molecular flexibility index (Phi) is 6.86. The quantitative estimate of drug-likeness (QED) is 0.708. The number of urea groups is 1. The number of carboxylic acids is 1. The summed E-state index contributed by atoms with van der Waals surface area (Å²) in [7, 11) is 0. The Morgan fingerprint density at radius 3 is 2.74 bits per heavy atom. The van der Waals surface area contributed by atoms with E-state index in [0.717, 1.165) is 15.8 Å². The van der Waals surface area contributed by atoms with Crippen molar-refractivity contribution >= 4 is 39.3 Å². The Balaban J connectivity index is 2.27. The number of aliphatic carboxylic acids is 1. The maximum Gasteiger partial charge on any atom is 0.315 e. The van der Waals surface area contributed by atoms with E-state index in [4.69, 9.17) is 5.11 Å². The number of hydrogen-bond acceptors (Lipinski definition) is 3. The van der Waals surface area contributed by atoms with Gasteiger partial charge in [-0.1, -0.05) is 13.3 Å². The van der Waals surface area contributed by atoms with Crippen molar-refractivity contribution in [3.63, 3.8) is 0 Å². The van der Waals surface area contributed by atoms with Crippen molar-refractivity contribution in [2.45, 2.75) is 26.3 Å². The third kappa shape index (κ3) is 6.07. The molecule has 1 aromatic heterocycles. The molecule has 1 unspecified atom stereocenters. The summed E-state index contributed by atoms with van der Waals surface area (Å²) < 4.78 is 0.982. The van der Waals surface area contributed by atoms with Crippen LogP contribution in [0.5, 0.6) is 0 Å². The van der Waals surface area contributed by atoms with E-state index in [1.54, 1.807) is 11.3 Å². The molecule has 1 heterocycles. The number of nitrogens with one attached hydrogen (secondary N) is 2. The molecule has 5 nitrogen and oxygen atoms in total. The third-order valence-electron chi connectivity index (χ3n) is 2.69. The Hall–Kier alpha value is -1.08. The zero-order chi connectivity index (χ0) is 14.3. The summed E-state index contributed by atoms with van der Waals surface area (Å²) in [5, 5.41) is 16.1. The molecule has 3 N–H and O–H groups in total. The van der Waals surface area contributed by atoms with E-state index < -0.39 is 5.97 Å². The fraction of sp³-hybridized carbons (Fsp3) is 0.500. The van der Waals surface area contributed by atoms with E-state index in [2.05, 4.69) is 26.6 Å². The van der Waals surface area contributed by atoms with Gasteiger partial charge in [-0.2, -0.15) is 0 Å². The van der Waals surface area contributed by atoms with Gasteiger partial charge in [0.2, 0.25) is 0 Å². The first-order valence-corrected chi connectivity index (χ1v) is 7.65. The van der Waals surface area contributed by atoms with Gasteiger partial charge in [-0.3, -0.25) is 4.79 Å². The monoisotopic (exact) mass is 348 g/mol. The van der Waals surface area contributed by atoms with E-state index in [9.17, 15) is 9.59 Å². The van der Waals surface area contributed by atoms with Gasteiger partial charge >= 0.3 is 12.0 Å². The van der Waals surface area contributed by atoms with E-state index in [1.807, 2.05) is 18.4 Å². The van der Waals surface area contributed by atoms with Crippen molar-refractivity contribution in [1.29, 1.82) is 0 Å². The number of rotatable bonds is 7. The van der Waals surface area contributed by atoms with Crippen LogP contribution in [-0.4, -0.2) is 23.7 Å². The topological polar surface area (TPSA) is 78.4 Å². The average molecular weight is 349 g/mol. The predicted octanol–water partition coefficient (Wildman–Crippen LogP) is 2.81. The summed E-state index contributed by atoms with van der Waals surface area (Å²) in [6.45, 7) is 2.75. The van der Waals surface area contributed by atoms with Crippen LogP contribution in [0.25, 0.3) is 0 Å². The fourth-order valence-corrected chi connectivity index (χ4v) is 2.95. The van der Waals surface area contributed by atoms with Gasteiger partial charge in [0.15, 0.2) is 0 Å². The van der Waals surface area contributed by atoms with Gasteiger partial charge in [0.25, 0.3) is 0 Å². The number of carboxylic acid groups (broad SMARTS) is 1. The molecule has 0 fully saturated rings. The van der Waals surface area contributed by atoms with Gasteiger partial charge in [-0.05, 0) is 33.3 Å². The van der Waals surface area contributed by atoms with Crippen molar-refractivity contribution in [1.82, 2.24) is 10.6 Å². The second-order valence-electron chi connectivity index (χ2n) is 4.13. The minimum absolute atomic E-state index is 0.0308. The number of carbonyl (C=O) groups is 2. The highest BCUT2D eigenvalue weighted by molar-refractivity contribution is 9.10. The van der Waals surface area contributed by atoms with Crippen molar-refractivity contribution in [3.8, 4) is 0 Å². The molecule has 0 aliphatic heterocycles. The molecule has 1 aromatic rings. The van der Waals surface area contributed by atoms with Gasteiger partial charge in [0, 0.05) is 22.3 Å². The van der Waals surface area contributed by atoms with Crippen LogP contribution < -0.4 is 10.6 Å². The Morgan fingerprint density at radius 1 is 1.47 bits per heavy atom. The highest BCUT2D eigenvalue weighted by Crippen LogP contribution is 2.21. The normalized spacial score (nSPS) is 11.9. The molecule has 2 amide bonds. The summed E-state index contributed by atoms with van der Waals surface area (Å²) in [5.41, 5.74) is 0. The molecule has 19 heavy (non-hydrogen) atoms. The predicted molar refractivity (Wildman–Crippen MR) is 78.3 cm³/mol. The summed E-state index contributed by atoms with van der Waals surface area (Å²) >= 11 is 4.95. The zero-order valence-corrected chi connectivity index (χ0v) is 13.0. The second-order valence-corrected chi connectivity index (χ2v) is 5.98. The maximum absolute atomic E-state index is 11.6. The number of carbonyl (C=O) groups excluding carboxylic acids is 1. The zero-order valence-electron chi connectivity index (χ0n) is 10.6. The Bertz CT molecular complexity index is 436. The molecule has 0 bridgehead atoms. The molecule has 0 aliphatic rings. The summed E-state index contributed by atoms with van der Waals surface area (Å²) in [4.78, 5) is 23.2. The number of hydrogen-bond donors (Lipinski definition) is 3. The lowest BCUT2D eigenvalue weighted by Crippen LogP contribution is -2.38. The fourth-order valence-electron chi connectivity index (χ4n) is 1.52. The highest BCUT2D eigenvalue weighted by atomic mass is 79.9. The number of thiophene rings is 1. The smallest absolute Gasteiger partial charge is 0.315 e. The molecule has 1 rings (SSSR count). The minimum Gasteiger partial charge on any atom is -0.481 e. The van der Waals surface area contributed by atoms with Gasteiger partial charge in [0.1, 0.15) is 0 Å². The van der Waals surface area contributed by atoms with Crippen molar-refractivity contribution in [3.05, 3.63) is 20.8 Å². The van der Waals surface area contributed by atoms with E-state index in [1.165, 1.54) is 0 Å². The van der Waals surface area contributed by atoms with Gasteiger partial charge in [0.05, 0.1) is 6.54 Å². The van der Waals surface area contributed by atoms with Crippen LogP contribution in [0.2, 0.25) is 0 Å². The number of amides is 2. The Labute approximate surface area is 124 Å². The number of halogens is 1. The van der Waals surface area contributed by atoms with Crippen molar-refractivity contribution < 1.29 is 14.7 Å². The molecular formula is C12H17BrN2O3S. The molecule has 0 aromatic carbocycles. The summed E-state index contributed by atoms with van der Waals surface area (Å²) in [6.07, 6.45) is 0.802. The molecule has 1 atom stereocenters. The van der Waals surface area contributed by atoms with Gasteiger partial charge in [-0.25, -0.2) is 4.79 Å². The van der Waals surface area contributed by atoms with Crippen LogP contribution in [0, 0.1) is 5.92 Å². The van der Waals surface area contributed by atoms with Crippen LogP contribution >= 0.6 is 27.3 Å². The van der Waals surface area contributed by atoms with Crippen LogP contribution in [0.4, 0.5) is 4.79 Å². The van der Waals surface area contributed by atoms with Crippen LogP contribution in [-0.2, 0) is 11.3 Å². The van der Waals surface area contributed by atoms with Crippen LogP contribution in [0.3, 0.4) is 0 Å². The molecule has 7 heteroatoms. The van der Waals surface area contributed by atoms with E-state index in [0.29, 0.717) is 13.1 Å². The maximum atomic E-state index is 11.6. The third-order valence-corrected chi connectivity index (χ3v) is 4.62. The molecule has 0 saturated heterocycles. The van der Waals surface area contributed by atoms with E-state index >= 15 is 0 Å². The van der Waals surface area contributed by atoms with E-state index in [-0.39, 0.29) is 18.4 Å². The van der Waals surface area contributed by atoms with Crippen molar-refractivity contribution in [2.75, 3.05) is 6.54 Å². The standard InChI is InChI=1S/C12H17BrN2O3S/c1-2-8(5-11(16)17)6-14-12(18)15-7-10-9(13)3-4-19-10/h3-4,8H,2,5-7H2,1H3,(H,16,17)(H2,14,15,18). The second kappa shape index (κ2) is 8.16. The first-order valence-electron chi connectivity index (χ1n) is 5.98. The minimum atomic E-state index is -0.837. The average Bonchev–Trinajstić information content (AvgIpc) is 2.77. The lowest BCUT2D eigenvalue weighted by Gasteiger charge is -2.13.